The van der Waals surface area contributed by atoms with Gasteiger partial charge in [-0.3, -0.25) is 14.5 Å². The summed E-state index contributed by atoms with van der Waals surface area (Å²) in [6.07, 6.45) is -0.292. The van der Waals surface area contributed by atoms with Gasteiger partial charge in [-0.25, -0.2) is 0 Å². The van der Waals surface area contributed by atoms with Crippen molar-refractivity contribution in [2.75, 3.05) is 20.3 Å². The third-order valence-corrected chi connectivity index (χ3v) is 4.74. The average molecular weight is 383 g/mol. The molecular formula is C22H25NO5. The molecule has 1 heterocycles. The Morgan fingerprint density at radius 2 is 1.39 bits per heavy atom. The Morgan fingerprint density at radius 1 is 0.857 bits per heavy atom. The quantitative estimate of drug-likeness (QED) is 0.491. The number of carbonyl (C=O) groups excluding carboxylic acids is 2. The molecule has 0 N–H and O–H groups in total. The van der Waals surface area contributed by atoms with Crippen LogP contribution >= 0.6 is 0 Å². The summed E-state index contributed by atoms with van der Waals surface area (Å²) in [7, 11) is 1.61. The Kier molecular flexibility index (Phi) is 6.44. The number of methoxy groups -OCH3 is 1. The van der Waals surface area contributed by atoms with Crippen molar-refractivity contribution in [2.45, 2.75) is 32.6 Å². The standard InChI is InChI=1S/C22H25NO5/c1-4-27-22(28-5-2)19(14-15-10-12-16(26-3)13-11-15)23-20(24)17-8-6-7-9-18(17)21(23)25/h6-13,19,22H,4-5,14H2,1-3H3/t19-/m0/s1. The van der Waals surface area contributed by atoms with Crippen LogP contribution in [0, 0.1) is 0 Å². The Labute approximate surface area is 165 Å². The van der Waals surface area contributed by atoms with Gasteiger partial charge < -0.3 is 14.2 Å². The lowest BCUT2D eigenvalue weighted by Crippen LogP contribution is -2.50. The molecular weight excluding hydrogens is 358 g/mol. The number of rotatable bonds is 9. The van der Waals surface area contributed by atoms with Gasteiger partial charge in [-0.1, -0.05) is 24.3 Å². The molecule has 0 radical (unpaired) electrons. The zero-order chi connectivity index (χ0) is 20.1. The Hall–Kier alpha value is -2.70. The maximum atomic E-state index is 13.0. The summed E-state index contributed by atoms with van der Waals surface area (Å²) < 4.78 is 16.8. The minimum absolute atomic E-state index is 0.316. The first-order chi connectivity index (χ1) is 13.6. The predicted molar refractivity (Wildman–Crippen MR) is 104 cm³/mol. The maximum absolute atomic E-state index is 13.0. The first kappa shape index (κ1) is 20.0. The van der Waals surface area contributed by atoms with Gasteiger partial charge in [0.15, 0.2) is 6.29 Å². The summed E-state index contributed by atoms with van der Waals surface area (Å²) in [5.74, 6) is 0.110. The number of imide groups is 1. The first-order valence-electron chi connectivity index (χ1n) is 9.43. The fourth-order valence-corrected chi connectivity index (χ4v) is 3.42. The van der Waals surface area contributed by atoms with E-state index < -0.39 is 12.3 Å². The van der Waals surface area contributed by atoms with Gasteiger partial charge in [0.1, 0.15) is 5.75 Å². The van der Waals surface area contributed by atoms with Gasteiger partial charge in [-0.2, -0.15) is 0 Å². The van der Waals surface area contributed by atoms with Crippen LogP contribution in [0.5, 0.6) is 5.75 Å². The highest BCUT2D eigenvalue weighted by Crippen LogP contribution is 2.28. The highest BCUT2D eigenvalue weighted by molar-refractivity contribution is 6.21. The van der Waals surface area contributed by atoms with Gasteiger partial charge in [0.05, 0.1) is 24.3 Å². The summed E-state index contributed by atoms with van der Waals surface area (Å²) in [4.78, 5) is 27.3. The second kappa shape index (κ2) is 8.99. The molecule has 0 unspecified atom stereocenters. The van der Waals surface area contributed by atoms with Crippen LogP contribution in [0.4, 0.5) is 0 Å². The van der Waals surface area contributed by atoms with E-state index >= 15 is 0 Å². The predicted octanol–water partition coefficient (Wildman–Crippen LogP) is 3.30. The van der Waals surface area contributed by atoms with Gasteiger partial charge in [0.25, 0.3) is 11.8 Å². The van der Waals surface area contributed by atoms with Crippen molar-refractivity contribution in [1.82, 2.24) is 4.90 Å². The molecule has 0 aliphatic carbocycles. The van der Waals surface area contributed by atoms with E-state index in [1.165, 1.54) is 4.90 Å². The van der Waals surface area contributed by atoms with Crippen molar-refractivity contribution in [3.63, 3.8) is 0 Å². The zero-order valence-electron chi connectivity index (χ0n) is 16.4. The van der Waals surface area contributed by atoms with Gasteiger partial charge in [-0.05, 0) is 50.1 Å². The van der Waals surface area contributed by atoms with Crippen LogP contribution in [0.15, 0.2) is 48.5 Å². The molecule has 3 rings (SSSR count). The average Bonchev–Trinajstić information content (AvgIpc) is 2.97. The van der Waals surface area contributed by atoms with Crippen molar-refractivity contribution in [3.05, 3.63) is 65.2 Å². The fraction of sp³-hybridized carbons (Fsp3) is 0.364. The third kappa shape index (κ3) is 3.93. The van der Waals surface area contributed by atoms with Crippen LogP contribution in [0.1, 0.15) is 40.1 Å². The normalized spacial score (nSPS) is 14.5. The Morgan fingerprint density at radius 3 is 1.86 bits per heavy atom. The molecule has 0 spiro atoms. The zero-order valence-corrected chi connectivity index (χ0v) is 16.4. The van der Waals surface area contributed by atoms with Crippen molar-refractivity contribution < 1.29 is 23.8 Å². The molecule has 0 bridgehead atoms. The van der Waals surface area contributed by atoms with Gasteiger partial charge >= 0.3 is 0 Å². The Balaban J connectivity index is 1.95. The van der Waals surface area contributed by atoms with Crippen molar-refractivity contribution in [3.8, 4) is 5.75 Å². The monoisotopic (exact) mass is 383 g/mol. The molecule has 28 heavy (non-hydrogen) atoms. The lowest BCUT2D eigenvalue weighted by molar-refractivity contribution is -0.164. The van der Waals surface area contributed by atoms with Crippen LogP contribution in [-0.4, -0.2) is 49.4 Å². The fourth-order valence-electron chi connectivity index (χ4n) is 3.42. The van der Waals surface area contributed by atoms with Gasteiger partial charge in [-0.15, -0.1) is 0 Å². The molecule has 0 fully saturated rings. The summed E-state index contributed by atoms with van der Waals surface area (Å²) in [5, 5.41) is 0. The third-order valence-electron chi connectivity index (χ3n) is 4.74. The number of carbonyl (C=O) groups is 2. The number of amides is 2. The minimum atomic E-state index is -0.709. The molecule has 2 aromatic rings. The molecule has 148 valence electrons. The molecule has 1 aliphatic heterocycles. The van der Waals surface area contributed by atoms with E-state index in [4.69, 9.17) is 14.2 Å². The van der Waals surface area contributed by atoms with E-state index in [0.717, 1.165) is 11.3 Å². The molecule has 1 atom stereocenters. The van der Waals surface area contributed by atoms with E-state index in [0.29, 0.717) is 30.8 Å². The molecule has 0 aromatic heterocycles. The summed E-state index contributed by atoms with van der Waals surface area (Å²) >= 11 is 0. The Bertz CT molecular complexity index is 792. The molecule has 0 saturated heterocycles. The number of benzene rings is 2. The van der Waals surface area contributed by atoms with E-state index in [-0.39, 0.29) is 11.8 Å². The lowest BCUT2D eigenvalue weighted by atomic mass is 10.0. The molecule has 2 amide bonds. The summed E-state index contributed by atoms with van der Waals surface area (Å²) in [6, 6.07) is 13.8. The topological polar surface area (TPSA) is 65.1 Å². The SMILES string of the molecule is CCOC(OCC)[C@H](Cc1ccc(OC)cc1)N1C(=O)c2ccccc2C1=O. The number of fused-ring (bicyclic) bond motifs is 1. The highest BCUT2D eigenvalue weighted by Gasteiger charge is 2.43. The number of nitrogens with zero attached hydrogens (tertiary/aromatic N) is 1. The second-order valence-corrected chi connectivity index (χ2v) is 6.42. The van der Waals surface area contributed by atoms with E-state index in [1.807, 2.05) is 38.1 Å². The van der Waals surface area contributed by atoms with Crippen LogP contribution in [0.25, 0.3) is 0 Å². The number of hydrogen-bond acceptors (Lipinski definition) is 5. The van der Waals surface area contributed by atoms with E-state index in [9.17, 15) is 9.59 Å². The minimum Gasteiger partial charge on any atom is -0.497 e. The van der Waals surface area contributed by atoms with Gasteiger partial charge in [0.2, 0.25) is 0 Å². The number of ether oxygens (including phenoxy) is 3. The van der Waals surface area contributed by atoms with Crippen molar-refractivity contribution in [2.24, 2.45) is 0 Å². The van der Waals surface area contributed by atoms with Crippen LogP contribution < -0.4 is 4.74 Å². The number of hydrogen-bond donors (Lipinski definition) is 0. The molecule has 1 aliphatic rings. The molecule has 2 aromatic carbocycles. The van der Waals surface area contributed by atoms with E-state index in [2.05, 4.69) is 0 Å². The van der Waals surface area contributed by atoms with Crippen molar-refractivity contribution >= 4 is 11.8 Å². The van der Waals surface area contributed by atoms with E-state index in [1.54, 1.807) is 31.4 Å². The van der Waals surface area contributed by atoms with Gasteiger partial charge in [0, 0.05) is 13.2 Å². The van der Waals surface area contributed by atoms with Crippen molar-refractivity contribution in [1.29, 1.82) is 0 Å². The molecule has 0 saturated carbocycles. The molecule has 6 nitrogen and oxygen atoms in total. The molecule has 6 heteroatoms. The van der Waals surface area contributed by atoms with Crippen LogP contribution in [0.3, 0.4) is 0 Å². The largest absolute Gasteiger partial charge is 0.497 e. The summed E-state index contributed by atoms with van der Waals surface area (Å²) in [6.45, 7) is 4.54. The summed E-state index contributed by atoms with van der Waals surface area (Å²) in [5.41, 5.74) is 1.78. The lowest BCUT2D eigenvalue weighted by Gasteiger charge is -2.32. The smallest absolute Gasteiger partial charge is 0.261 e. The second-order valence-electron chi connectivity index (χ2n) is 6.42. The van der Waals surface area contributed by atoms with Crippen LogP contribution in [-0.2, 0) is 15.9 Å². The van der Waals surface area contributed by atoms with Crippen LogP contribution in [0.2, 0.25) is 0 Å². The first-order valence-corrected chi connectivity index (χ1v) is 9.43. The maximum Gasteiger partial charge on any atom is 0.261 e. The highest BCUT2D eigenvalue weighted by atomic mass is 16.7.